The summed E-state index contributed by atoms with van der Waals surface area (Å²) in [5.74, 6) is 0. The van der Waals surface area contributed by atoms with Crippen molar-refractivity contribution in [2.75, 3.05) is 10.5 Å². The number of hydrogen-bond acceptors (Lipinski definition) is 4. The standard InChI is InChI=1S/C13H18N4O2S/c1-8-5-6-11(14)7-12(8)16-20(18,19)13-9(2)15-17(4)10(13)3/h5-7,16H,14H2,1-4H3. The number of sulfonamides is 1. The van der Waals surface area contributed by atoms with Crippen LogP contribution >= 0.6 is 0 Å². The van der Waals surface area contributed by atoms with Crippen molar-refractivity contribution in [3.8, 4) is 0 Å². The van der Waals surface area contributed by atoms with E-state index in [-0.39, 0.29) is 4.90 Å². The third-order valence-electron chi connectivity index (χ3n) is 3.22. The van der Waals surface area contributed by atoms with Crippen LogP contribution in [-0.4, -0.2) is 18.2 Å². The van der Waals surface area contributed by atoms with Gasteiger partial charge in [-0.05, 0) is 38.5 Å². The summed E-state index contributed by atoms with van der Waals surface area (Å²) in [7, 11) is -1.97. The molecule has 6 nitrogen and oxygen atoms in total. The van der Waals surface area contributed by atoms with Crippen LogP contribution in [0.2, 0.25) is 0 Å². The first-order chi connectivity index (χ1) is 9.22. The Morgan fingerprint density at radius 3 is 2.45 bits per heavy atom. The van der Waals surface area contributed by atoms with Crippen molar-refractivity contribution in [2.24, 2.45) is 7.05 Å². The number of nitrogen functional groups attached to an aromatic ring is 1. The van der Waals surface area contributed by atoms with Gasteiger partial charge in [-0.1, -0.05) is 6.07 Å². The normalized spacial score (nSPS) is 11.6. The molecule has 1 heterocycles. The molecule has 0 radical (unpaired) electrons. The highest BCUT2D eigenvalue weighted by atomic mass is 32.2. The summed E-state index contributed by atoms with van der Waals surface area (Å²) in [5, 5.41) is 4.13. The molecule has 0 saturated carbocycles. The van der Waals surface area contributed by atoms with Crippen molar-refractivity contribution in [2.45, 2.75) is 25.7 Å². The van der Waals surface area contributed by atoms with Gasteiger partial charge in [0, 0.05) is 12.7 Å². The van der Waals surface area contributed by atoms with Gasteiger partial charge in [0.1, 0.15) is 4.90 Å². The Kier molecular flexibility index (Phi) is 3.47. The number of benzene rings is 1. The number of rotatable bonds is 3. The lowest BCUT2D eigenvalue weighted by atomic mass is 10.2. The molecule has 0 unspecified atom stereocenters. The van der Waals surface area contributed by atoms with Crippen LogP contribution in [0.25, 0.3) is 0 Å². The largest absolute Gasteiger partial charge is 0.399 e. The molecule has 0 fully saturated rings. The molecule has 0 aliphatic carbocycles. The third kappa shape index (κ3) is 2.49. The maximum atomic E-state index is 12.5. The zero-order chi connectivity index (χ0) is 15.1. The number of hydrogen-bond donors (Lipinski definition) is 2. The summed E-state index contributed by atoms with van der Waals surface area (Å²) < 4.78 is 29.2. The zero-order valence-corrected chi connectivity index (χ0v) is 12.7. The van der Waals surface area contributed by atoms with E-state index >= 15 is 0 Å². The summed E-state index contributed by atoms with van der Waals surface area (Å²) >= 11 is 0. The summed E-state index contributed by atoms with van der Waals surface area (Å²) in [4.78, 5) is 0.210. The molecular weight excluding hydrogens is 276 g/mol. The molecule has 0 atom stereocenters. The van der Waals surface area contributed by atoms with Gasteiger partial charge in [-0.3, -0.25) is 9.40 Å². The SMILES string of the molecule is Cc1ccc(N)cc1NS(=O)(=O)c1c(C)nn(C)c1C. The van der Waals surface area contributed by atoms with Gasteiger partial charge in [-0.25, -0.2) is 8.42 Å². The number of nitrogens with zero attached hydrogens (tertiary/aromatic N) is 2. The van der Waals surface area contributed by atoms with Crippen molar-refractivity contribution < 1.29 is 8.42 Å². The van der Waals surface area contributed by atoms with Gasteiger partial charge >= 0.3 is 0 Å². The highest BCUT2D eigenvalue weighted by Crippen LogP contribution is 2.25. The second kappa shape index (κ2) is 4.82. The monoisotopic (exact) mass is 294 g/mol. The topological polar surface area (TPSA) is 90.0 Å². The van der Waals surface area contributed by atoms with Crippen LogP contribution < -0.4 is 10.5 Å². The lowest BCUT2D eigenvalue weighted by Gasteiger charge is -2.11. The fourth-order valence-electron chi connectivity index (χ4n) is 2.09. The van der Waals surface area contributed by atoms with Gasteiger partial charge in [-0.2, -0.15) is 5.10 Å². The number of nitrogens with one attached hydrogen (secondary N) is 1. The molecule has 1 aromatic heterocycles. The number of aryl methyl sites for hydroxylation is 3. The van der Waals surface area contributed by atoms with Gasteiger partial charge in [-0.15, -0.1) is 0 Å². The summed E-state index contributed by atoms with van der Waals surface area (Å²) in [6.45, 7) is 5.22. The first-order valence-corrected chi connectivity index (χ1v) is 7.60. The molecule has 20 heavy (non-hydrogen) atoms. The minimum absolute atomic E-state index is 0.210. The number of nitrogens with two attached hydrogens (primary N) is 1. The smallest absolute Gasteiger partial charge is 0.265 e. The summed E-state index contributed by atoms with van der Waals surface area (Å²) in [5.41, 5.74) is 8.56. The lowest BCUT2D eigenvalue weighted by Crippen LogP contribution is -2.15. The maximum Gasteiger partial charge on any atom is 0.265 e. The van der Waals surface area contributed by atoms with Crippen LogP contribution in [-0.2, 0) is 17.1 Å². The van der Waals surface area contributed by atoms with E-state index in [1.54, 1.807) is 43.8 Å². The molecule has 3 N–H and O–H groups in total. The second-order valence-corrected chi connectivity index (χ2v) is 6.42. The van der Waals surface area contributed by atoms with Crippen LogP contribution in [0.15, 0.2) is 23.1 Å². The molecule has 1 aromatic carbocycles. The van der Waals surface area contributed by atoms with E-state index < -0.39 is 10.0 Å². The predicted molar refractivity (Wildman–Crippen MR) is 79.1 cm³/mol. The highest BCUT2D eigenvalue weighted by Gasteiger charge is 2.24. The van der Waals surface area contributed by atoms with Gasteiger partial charge in [0.15, 0.2) is 0 Å². The van der Waals surface area contributed by atoms with Crippen LogP contribution in [0.5, 0.6) is 0 Å². The van der Waals surface area contributed by atoms with E-state index in [1.807, 2.05) is 6.92 Å². The molecule has 0 aliphatic rings. The van der Waals surface area contributed by atoms with E-state index in [4.69, 9.17) is 5.73 Å². The number of aromatic nitrogens is 2. The molecular formula is C13H18N4O2S. The zero-order valence-electron chi connectivity index (χ0n) is 11.9. The van der Waals surface area contributed by atoms with Crippen molar-refractivity contribution in [1.29, 1.82) is 0 Å². The Labute approximate surface area is 118 Å². The van der Waals surface area contributed by atoms with Crippen LogP contribution in [0.1, 0.15) is 17.0 Å². The average molecular weight is 294 g/mol. The Morgan fingerprint density at radius 2 is 1.90 bits per heavy atom. The molecule has 0 bridgehead atoms. The van der Waals surface area contributed by atoms with Crippen molar-refractivity contribution in [1.82, 2.24) is 9.78 Å². The van der Waals surface area contributed by atoms with Crippen molar-refractivity contribution in [3.63, 3.8) is 0 Å². The summed E-state index contributed by atoms with van der Waals surface area (Å²) in [6, 6.07) is 5.11. The first-order valence-electron chi connectivity index (χ1n) is 6.11. The quantitative estimate of drug-likeness (QED) is 0.844. The van der Waals surface area contributed by atoms with Crippen molar-refractivity contribution >= 4 is 21.4 Å². The molecule has 2 aromatic rings. The molecule has 0 aliphatic heterocycles. The maximum absolute atomic E-state index is 12.5. The second-order valence-electron chi connectivity index (χ2n) is 4.80. The van der Waals surface area contributed by atoms with Gasteiger partial charge in [0.05, 0.1) is 17.1 Å². The predicted octanol–water partition coefficient (Wildman–Crippen LogP) is 1.73. The minimum atomic E-state index is -3.68. The van der Waals surface area contributed by atoms with Crippen molar-refractivity contribution in [3.05, 3.63) is 35.2 Å². The van der Waals surface area contributed by atoms with Crippen LogP contribution in [0.3, 0.4) is 0 Å². The Balaban J connectivity index is 2.49. The molecule has 108 valence electrons. The highest BCUT2D eigenvalue weighted by molar-refractivity contribution is 7.92. The average Bonchev–Trinajstić information content (AvgIpc) is 2.58. The van der Waals surface area contributed by atoms with E-state index in [9.17, 15) is 8.42 Å². The molecule has 7 heteroatoms. The Morgan fingerprint density at radius 1 is 1.25 bits per heavy atom. The van der Waals surface area contributed by atoms with E-state index in [0.29, 0.717) is 22.8 Å². The lowest BCUT2D eigenvalue weighted by molar-refractivity contribution is 0.599. The summed E-state index contributed by atoms with van der Waals surface area (Å²) in [6.07, 6.45) is 0. The molecule has 0 saturated heterocycles. The molecule has 2 rings (SSSR count). The van der Waals surface area contributed by atoms with Gasteiger partial charge in [0.2, 0.25) is 0 Å². The van der Waals surface area contributed by atoms with E-state index in [0.717, 1.165) is 5.56 Å². The number of anilines is 2. The van der Waals surface area contributed by atoms with Crippen LogP contribution in [0.4, 0.5) is 11.4 Å². The van der Waals surface area contributed by atoms with Crippen LogP contribution in [0, 0.1) is 20.8 Å². The first kappa shape index (κ1) is 14.4. The van der Waals surface area contributed by atoms with Gasteiger partial charge in [0.25, 0.3) is 10.0 Å². The molecule has 0 amide bonds. The Hall–Kier alpha value is -2.02. The molecule has 0 spiro atoms. The minimum Gasteiger partial charge on any atom is -0.399 e. The fraction of sp³-hybridized carbons (Fsp3) is 0.308. The third-order valence-corrected chi connectivity index (χ3v) is 4.83. The van der Waals surface area contributed by atoms with E-state index in [2.05, 4.69) is 9.82 Å². The fourth-order valence-corrected chi connectivity index (χ4v) is 3.65. The van der Waals surface area contributed by atoms with Gasteiger partial charge < -0.3 is 5.73 Å². The Bertz CT molecular complexity index is 763. The van der Waals surface area contributed by atoms with E-state index in [1.165, 1.54) is 0 Å².